The third-order valence-corrected chi connectivity index (χ3v) is 9.28. The van der Waals surface area contributed by atoms with Crippen LogP contribution in [-0.4, -0.2) is 61.3 Å². The van der Waals surface area contributed by atoms with Gasteiger partial charge in [0.2, 0.25) is 0 Å². The minimum Gasteiger partial charge on any atom is -0.481 e. The van der Waals surface area contributed by atoms with Crippen molar-refractivity contribution in [2.45, 2.75) is 182 Å². The first kappa shape index (κ1) is 43.4. The summed E-state index contributed by atoms with van der Waals surface area (Å²) in [5.74, 6) is -0.738. The van der Waals surface area contributed by atoms with Gasteiger partial charge in [0.15, 0.2) is 0 Å². The molecule has 3 unspecified atom stereocenters. The molecule has 0 saturated heterocycles. The van der Waals surface area contributed by atoms with Crippen LogP contribution < -0.4 is 0 Å². The van der Waals surface area contributed by atoms with Crippen LogP contribution in [-0.2, 0) is 23.9 Å². The van der Waals surface area contributed by atoms with Gasteiger partial charge in [-0.05, 0) is 65.1 Å². The topological polar surface area (TPSA) is 93.1 Å². The van der Waals surface area contributed by atoms with Gasteiger partial charge in [-0.1, -0.05) is 130 Å². The molecule has 0 aliphatic carbocycles. The molecule has 45 heavy (non-hydrogen) atoms. The van der Waals surface area contributed by atoms with Crippen molar-refractivity contribution in [3.63, 3.8) is 0 Å². The minimum absolute atomic E-state index is 0.00850. The summed E-state index contributed by atoms with van der Waals surface area (Å²) in [5, 5.41) is 10.9. The molecule has 0 heterocycles. The molecule has 3 atom stereocenters. The number of hydrogen-bond acceptors (Lipinski definition) is 6. The van der Waals surface area contributed by atoms with Gasteiger partial charge in [0.05, 0.1) is 5.41 Å². The van der Waals surface area contributed by atoms with E-state index in [-0.39, 0.29) is 19.0 Å². The maximum Gasteiger partial charge on any atom is 0.309 e. The van der Waals surface area contributed by atoms with E-state index in [1.807, 2.05) is 19.0 Å². The summed E-state index contributed by atoms with van der Waals surface area (Å²) in [5.41, 5.74) is -0.935. The van der Waals surface area contributed by atoms with Crippen molar-refractivity contribution in [1.82, 2.24) is 4.90 Å². The molecule has 266 valence electrons. The molecule has 0 spiro atoms. The van der Waals surface area contributed by atoms with Crippen molar-refractivity contribution in [3.8, 4) is 0 Å². The van der Waals surface area contributed by atoms with Crippen molar-refractivity contribution < 1.29 is 29.0 Å². The van der Waals surface area contributed by atoms with E-state index in [0.29, 0.717) is 43.9 Å². The Morgan fingerprint density at radius 3 is 1.60 bits per heavy atom. The Morgan fingerprint density at radius 2 is 1.16 bits per heavy atom. The fourth-order valence-electron chi connectivity index (χ4n) is 6.56. The third kappa shape index (κ3) is 22.5. The van der Waals surface area contributed by atoms with Gasteiger partial charge in [0.25, 0.3) is 0 Å². The van der Waals surface area contributed by atoms with Crippen molar-refractivity contribution in [3.05, 3.63) is 0 Å². The quantitative estimate of drug-likeness (QED) is 0.0596. The highest BCUT2D eigenvalue weighted by Crippen LogP contribution is 2.43. The molecule has 0 bridgehead atoms. The van der Waals surface area contributed by atoms with Gasteiger partial charge in [-0.25, -0.2) is 0 Å². The highest BCUT2D eigenvalue weighted by atomic mass is 16.6. The van der Waals surface area contributed by atoms with Crippen molar-refractivity contribution in [2.75, 3.05) is 27.2 Å². The molecule has 7 nitrogen and oxygen atoms in total. The van der Waals surface area contributed by atoms with Gasteiger partial charge in [-0.2, -0.15) is 0 Å². The highest BCUT2D eigenvalue weighted by molar-refractivity contribution is 5.76. The maximum absolute atomic E-state index is 13.3. The molecule has 0 amide bonds. The van der Waals surface area contributed by atoms with Crippen molar-refractivity contribution >= 4 is 17.9 Å². The molecule has 1 N–H and O–H groups in total. The number of carboxylic acids is 1. The molecule has 0 radical (unpaired) electrons. The van der Waals surface area contributed by atoms with Crippen LogP contribution in [0.2, 0.25) is 0 Å². The van der Waals surface area contributed by atoms with E-state index in [1.165, 1.54) is 38.5 Å². The number of carboxylic acid groups (broad SMARTS) is 1. The van der Waals surface area contributed by atoms with Crippen LogP contribution in [0.4, 0.5) is 0 Å². The zero-order valence-corrected chi connectivity index (χ0v) is 30.6. The Morgan fingerprint density at radius 1 is 0.667 bits per heavy atom. The Hall–Kier alpha value is -1.63. The molecule has 0 aliphatic rings. The van der Waals surface area contributed by atoms with Crippen LogP contribution in [0.1, 0.15) is 176 Å². The summed E-state index contributed by atoms with van der Waals surface area (Å²) in [6, 6.07) is 0. The van der Waals surface area contributed by atoms with Gasteiger partial charge in [-0.3, -0.25) is 14.4 Å². The Balaban J connectivity index is 5.69. The van der Waals surface area contributed by atoms with E-state index in [4.69, 9.17) is 9.47 Å². The SMILES string of the molecule is CCCCCCC(CCCC)CC(CCC(=O)OCC(C)OC(=O)CCCN(C)C)(CC(CCCC)CCCCCC)C(=O)O. The summed E-state index contributed by atoms with van der Waals surface area (Å²) < 4.78 is 11.0. The predicted molar refractivity (Wildman–Crippen MR) is 186 cm³/mol. The van der Waals surface area contributed by atoms with Crippen LogP contribution in [0.5, 0.6) is 0 Å². The van der Waals surface area contributed by atoms with Gasteiger partial charge in [0, 0.05) is 12.8 Å². The zero-order valence-electron chi connectivity index (χ0n) is 30.6. The Labute approximate surface area is 278 Å². The van der Waals surface area contributed by atoms with Gasteiger partial charge in [0.1, 0.15) is 12.7 Å². The smallest absolute Gasteiger partial charge is 0.309 e. The van der Waals surface area contributed by atoms with Crippen LogP contribution >= 0.6 is 0 Å². The maximum atomic E-state index is 13.3. The Bertz CT molecular complexity index is 729. The lowest BCUT2D eigenvalue weighted by molar-refractivity contribution is -0.160. The van der Waals surface area contributed by atoms with E-state index in [1.54, 1.807) is 6.92 Å². The van der Waals surface area contributed by atoms with E-state index in [2.05, 4.69) is 27.7 Å². The second kappa shape index (κ2) is 27.5. The summed E-state index contributed by atoms with van der Waals surface area (Å²) in [6.07, 6.45) is 20.3. The molecular formula is C38H73NO6. The third-order valence-electron chi connectivity index (χ3n) is 9.28. The molecule has 0 fully saturated rings. The van der Waals surface area contributed by atoms with Gasteiger partial charge in [-0.15, -0.1) is 0 Å². The zero-order chi connectivity index (χ0) is 33.9. The number of ether oxygens (including phenoxy) is 2. The summed E-state index contributed by atoms with van der Waals surface area (Å²) >= 11 is 0. The van der Waals surface area contributed by atoms with Crippen LogP contribution in [0, 0.1) is 17.3 Å². The molecule has 0 aromatic rings. The predicted octanol–water partition coefficient (Wildman–Crippen LogP) is 9.99. The normalized spacial score (nSPS) is 14.9. The van der Waals surface area contributed by atoms with Crippen molar-refractivity contribution in [1.29, 1.82) is 0 Å². The molecule has 0 rings (SSSR count). The molecule has 0 aromatic heterocycles. The average Bonchev–Trinajstić information content (AvgIpc) is 2.99. The van der Waals surface area contributed by atoms with Crippen LogP contribution in [0.15, 0.2) is 0 Å². The summed E-state index contributed by atoms with van der Waals surface area (Å²) in [6.45, 7) is 11.4. The first-order valence-corrected chi connectivity index (χ1v) is 18.8. The summed E-state index contributed by atoms with van der Waals surface area (Å²) in [7, 11) is 3.93. The highest BCUT2D eigenvalue weighted by Gasteiger charge is 2.42. The molecule has 0 aromatic carbocycles. The fraction of sp³-hybridized carbons (Fsp3) is 0.921. The lowest BCUT2D eigenvalue weighted by atomic mass is 9.67. The number of aliphatic carboxylic acids is 1. The van der Waals surface area contributed by atoms with Crippen LogP contribution in [0.3, 0.4) is 0 Å². The number of nitrogens with zero attached hydrogens (tertiary/aromatic N) is 1. The fourth-order valence-corrected chi connectivity index (χ4v) is 6.56. The largest absolute Gasteiger partial charge is 0.481 e. The lowest BCUT2D eigenvalue weighted by Gasteiger charge is -2.36. The monoisotopic (exact) mass is 640 g/mol. The first-order chi connectivity index (χ1) is 21.5. The number of rotatable bonds is 31. The second-order valence-electron chi connectivity index (χ2n) is 14.1. The number of carbonyl (C=O) groups excluding carboxylic acids is 2. The first-order valence-electron chi connectivity index (χ1n) is 18.8. The number of unbranched alkanes of at least 4 members (excludes halogenated alkanes) is 8. The van der Waals surface area contributed by atoms with E-state index in [0.717, 1.165) is 70.8 Å². The van der Waals surface area contributed by atoms with Crippen LogP contribution in [0.25, 0.3) is 0 Å². The van der Waals surface area contributed by atoms with Gasteiger partial charge < -0.3 is 19.5 Å². The number of esters is 2. The van der Waals surface area contributed by atoms with E-state index >= 15 is 0 Å². The molecule has 0 saturated carbocycles. The minimum atomic E-state index is -0.935. The molecule has 0 aliphatic heterocycles. The van der Waals surface area contributed by atoms with E-state index in [9.17, 15) is 19.5 Å². The Kier molecular flexibility index (Phi) is 26.5. The number of carbonyl (C=O) groups is 3. The van der Waals surface area contributed by atoms with Gasteiger partial charge >= 0.3 is 17.9 Å². The van der Waals surface area contributed by atoms with Crippen molar-refractivity contribution in [2.24, 2.45) is 17.3 Å². The number of hydrogen-bond donors (Lipinski definition) is 1. The lowest BCUT2D eigenvalue weighted by Crippen LogP contribution is -2.37. The molecular weight excluding hydrogens is 566 g/mol. The molecule has 7 heteroatoms. The standard InChI is InChI=1S/C38H73NO6/c1-8-12-16-18-23-33(21-14-10-3)29-38(37(42)43,30-34(22-15-11-4)24-19-17-13-9-2)27-26-35(40)44-31-32(5)45-36(41)25-20-28-39(6)7/h32-34H,8-31H2,1-7H3,(H,42,43). The second-order valence-corrected chi connectivity index (χ2v) is 14.1. The summed E-state index contributed by atoms with van der Waals surface area (Å²) in [4.78, 5) is 40.5. The van der Waals surface area contributed by atoms with E-state index < -0.39 is 23.5 Å². The average molecular weight is 640 g/mol.